The summed E-state index contributed by atoms with van der Waals surface area (Å²) in [4.78, 5) is 17.3. The van der Waals surface area contributed by atoms with Crippen LogP contribution in [0.2, 0.25) is 0 Å². The summed E-state index contributed by atoms with van der Waals surface area (Å²) in [6.07, 6.45) is 4.41. The van der Waals surface area contributed by atoms with E-state index in [-0.39, 0.29) is 0 Å². The van der Waals surface area contributed by atoms with Crippen molar-refractivity contribution in [1.82, 2.24) is 14.5 Å². The molecule has 1 aliphatic rings. The molecule has 0 saturated carbocycles. The number of aromatic nitrogens is 2. The summed E-state index contributed by atoms with van der Waals surface area (Å²) in [7, 11) is 0. The summed E-state index contributed by atoms with van der Waals surface area (Å²) in [6, 6.07) is -0.540. The second-order valence-corrected chi connectivity index (χ2v) is 4.11. The number of hydrogen-bond donors (Lipinski definition) is 2. The van der Waals surface area contributed by atoms with E-state index in [9.17, 15) is 4.79 Å². The van der Waals surface area contributed by atoms with Crippen molar-refractivity contribution in [2.75, 3.05) is 13.1 Å². The van der Waals surface area contributed by atoms with E-state index >= 15 is 0 Å². The Morgan fingerprint density at radius 3 is 3.12 bits per heavy atom. The number of imidazole rings is 1. The molecule has 0 spiro atoms. The molecule has 1 unspecified atom stereocenters. The van der Waals surface area contributed by atoms with Gasteiger partial charge < -0.3 is 16.0 Å². The van der Waals surface area contributed by atoms with E-state index in [1.54, 1.807) is 0 Å². The van der Waals surface area contributed by atoms with Gasteiger partial charge in [0.1, 0.15) is 5.82 Å². The number of hydrogen-bond acceptors (Lipinski definition) is 4. The van der Waals surface area contributed by atoms with Gasteiger partial charge in [-0.2, -0.15) is 0 Å². The third kappa shape index (κ3) is 2.40. The van der Waals surface area contributed by atoms with Gasteiger partial charge in [0.05, 0.1) is 12.6 Å². The first kappa shape index (κ1) is 11.1. The fraction of sp³-hybridized carbons (Fsp3) is 0.600. The van der Waals surface area contributed by atoms with Crippen molar-refractivity contribution in [3.05, 3.63) is 18.2 Å². The second kappa shape index (κ2) is 4.63. The van der Waals surface area contributed by atoms with Crippen LogP contribution in [0.15, 0.2) is 12.4 Å². The lowest BCUT2D eigenvalue weighted by atomic mass is 10.2. The van der Waals surface area contributed by atoms with E-state index in [1.807, 2.05) is 12.4 Å². The second-order valence-electron chi connectivity index (χ2n) is 4.11. The molecule has 1 aliphatic heterocycles. The number of amides is 1. The standard InChI is InChI=1S/C10H17N5O/c11-8(10(12)16)1-3-14-5-6-15-4-2-13-9(15)7-14/h2,4,8H,1,3,5-7,11H2,(H2,12,16). The van der Waals surface area contributed by atoms with E-state index in [2.05, 4.69) is 14.5 Å². The lowest BCUT2D eigenvalue weighted by molar-refractivity contribution is -0.119. The molecule has 0 aliphatic carbocycles. The number of fused-ring (bicyclic) bond motifs is 1. The predicted molar refractivity (Wildman–Crippen MR) is 59.3 cm³/mol. The van der Waals surface area contributed by atoms with E-state index in [1.165, 1.54) is 0 Å². The Kier molecular flexibility index (Phi) is 3.21. The first-order valence-corrected chi connectivity index (χ1v) is 5.44. The maximum atomic E-state index is 10.8. The highest BCUT2D eigenvalue weighted by Crippen LogP contribution is 2.10. The summed E-state index contributed by atoms with van der Waals surface area (Å²) in [5, 5.41) is 0. The van der Waals surface area contributed by atoms with Crippen LogP contribution >= 0.6 is 0 Å². The lowest BCUT2D eigenvalue weighted by Crippen LogP contribution is -2.41. The highest BCUT2D eigenvalue weighted by Gasteiger charge is 2.18. The first-order chi connectivity index (χ1) is 7.66. The summed E-state index contributed by atoms with van der Waals surface area (Å²) in [5.74, 6) is 0.636. The third-order valence-electron chi connectivity index (χ3n) is 2.95. The number of carbonyl (C=O) groups is 1. The zero-order chi connectivity index (χ0) is 11.5. The Morgan fingerprint density at radius 2 is 2.38 bits per heavy atom. The van der Waals surface area contributed by atoms with Gasteiger partial charge >= 0.3 is 0 Å². The molecule has 0 radical (unpaired) electrons. The molecule has 6 nitrogen and oxygen atoms in total. The Hall–Kier alpha value is -1.40. The molecule has 16 heavy (non-hydrogen) atoms. The zero-order valence-electron chi connectivity index (χ0n) is 9.17. The molecule has 0 fully saturated rings. The third-order valence-corrected chi connectivity index (χ3v) is 2.95. The fourth-order valence-corrected chi connectivity index (χ4v) is 1.88. The molecular formula is C10H17N5O. The average Bonchev–Trinajstić information content (AvgIpc) is 2.72. The molecule has 1 atom stereocenters. The number of carbonyl (C=O) groups excluding carboxylic acids is 1. The summed E-state index contributed by atoms with van der Waals surface area (Å²) in [5.41, 5.74) is 10.7. The Morgan fingerprint density at radius 1 is 1.56 bits per heavy atom. The van der Waals surface area contributed by atoms with Crippen LogP contribution in [0, 0.1) is 0 Å². The van der Waals surface area contributed by atoms with Crippen LogP contribution < -0.4 is 11.5 Å². The van der Waals surface area contributed by atoms with Crippen molar-refractivity contribution in [1.29, 1.82) is 0 Å². The molecule has 1 amide bonds. The SMILES string of the molecule is NC(=O)C(N)CCN1CCn2ccnc2C1. The molecule has 1 aromatic heterocycles. The maximum absolute atomic E-state index is 10.8. The van der Waals surface area contributed by atoms with E-state index in [0.717, 1.165) is 32.0 Å². The van der Waals surface area contributed by atoms with Crippen molar-refractivity contribution < 1.29 is 4.79 Å². The summed E-state index contributed by atoms with van der Waals surface area (Å²) < 4.78 is 2.14. The fourth-order valence-electron chi connectivity index (χ4n) is 1.88. The average molecular weight is 223 g/mol. The number of primary amides is 1. The quantitative estimate of drug-likeness (QED) is 0.678. The van der Waals surface area contributed by atoms with Gasteiger partial charge in [-0.25, -0.2) is 4.98 Å². The highest BCUT2D eigenvalue weighted by atomic mass is 16.1. The van der Waals surface area contributed by atoms with Crippen LogP contribution in [0.1, 0.15) is 12.2 Å². The minimum Gasteiger partial charge on any atom is -0.368 e. The van der Waals surface area contributed by atoms with Crippen LogP contribution in [0.5, 0.6) is 0 Å². The molecular weight excluding hydrogens is 206 g/mol. The van der Waals surface area contributed by atoms with Gasteiger partial charge in [-0.3, -0.25) is 9.69 Å². The van der Waals surface area contributed by atoms with Crippen molar-refractivity contribution in [2.24, 2.45) is 11.5 Å². The molecule has 0 bridgehead atoms. The normalized spacial score (nSPS) is 18.1. The summed E-state index contributed by atoms with van der Waals surface area (Å²) >= 11 is 0. The van der Waals surface area contributed by atoms with Crippen LogP contribution in [0.4, 0.5) is 0 Å². The Labute approximate surface area is 94.2 Å². The molecule has 1 aromatic rings. The van der Waals surface area contributed by atoms with E-state index in [4.69, 9.17) is 11.5 Å². The minimum absolute atomic E-state index is 0.432. The molecule has 6 heteroatoms. The Bertz CT molecular complexity index is 375. The van der Waals surface area contributed by atoms with Gasteiger partial charge in [-0.1, -0.05) is 0 Å². The van der Waals surface area contributed by atoms with Crippen molar-refractivity contribution >= 4 is 5.91 Å². The van der Waals surface area contributed by atoms with Gasteiger partial charge in [0.2, 0.25) is 5.91 Å². The van der Waals surface area contributed by atoms with Crippen molar-refractivity contribution in [3.8, 4) is 0 Å². The van der Waals surface area contributed by atoms with Crippen LogP contribution in [-0.4, -0.2) is 39.5 Å². The number of nitrogens with zero attached hydrogens (tertiary/aromatic N) is 3. The van der Waals surface area contributed by atoms with Crippen LogP contribution in [0.3, 0.4) is 0 Å². The van der Waals surface area contributed by atoms with Crippen molar-refractivity contribution in [3.63, 3.8) is 0 Å². The van der Waals surface area contributed by atoms with Gasteiger partial charge in [0.25, 0.3) is 0 Å². The highest BCUT2D eigenvalue weighted by molar-refractivity contribution is 5.79. The maximum Gasteiger partial charge on any atom is 0.234 e. The van der Waals surface area contributed by atoms with Crippen molar-refractivity contribution in [2.45, 2.75) is 25.6 Å². The molecule has 0 saturated heterocycles. The van der Waals surface area contributed by atoms with Crippen LogP contribution in [0.25, 0.3) is 0 Å². The van der Waals surface area contributed by atoms with Gasteiger partial charge in [0.15, 0.2) is 0 Å². The largest absolute Gasteiger partial charge is 0.368 e. The molecule has 2 heterocycles. The van der Waals surface area contributed by atoms with Crippen LogP contribution in [-0.2, 0) is 17.9 Å². The topological polar surface area (TPSA) is 90.2 Å². The molecule has 4 N–H and O–H groups in total. The summed E-state index contributed by atoms with van der Waals surface area (Å²) in [6.45, 7) is 3.52. The van der Waals surface area contributed by atoms with Gasteiger partial charge in [-0.15, -0.1) is 0 Å². The van der Waals surface area contributed by atoms with Gasteiger partial charge in [-0.05, 0) is 6.42 Å². The minimum atomic E-state index is -0.540. The lowest BCUT2D eigenvalue weighted by Gasteiger charge is -2.27. The molecule has 0 aromatic carbocycles. The number of nitrogens with two attached hydrogens (primary N) is 2. The van der Waals surface area contributed by atoms with E-state index in [0.29, 0.717) is 6.42 Å². The Balaban J connectivity index is 1.83. The van der Waals surface area contributed by atoms with Gasteiger partial charge in [0, 0.05) is 32.0 Å². The van der Waals surface area contributed by atoms with E-state index < -0.39 is 11.9 Å². The predicted octanol–water partition coefficient (Wildman–Crippen LogP) is -1.10. The smallest absolute Gasteiger partial charge is 0.234 e. The number of rotatable bonds is 4. The first-order valence-electron chi connectivity index (χ1n) is 5.44. The molecule has 88 valence electrons. The zero-order valence-corrected chi connectivity index (χ0v) is 9.17. The monoisotopic (exact) mass is 223 g/mol. The molecule has 2 rings (SSSR count).